The molecule has 0 radical (unpaired) electrons. The number of hydrogen-bond acceptors (Lipinski definition) is 4. The third-order valence-electron chi connectivity index (χ3n) is 5.24. The molecule has 0 unspecified atom stereocenters. The Morgan fingerprint density at radius 3 is 2.54 bits per heavy atom. The van der Waals surface area contributed by atoms with Crippen molar-refractivity contribution in [2.75, 3.05) is 4.90 Å². The monoisotopic (exact) mass is 380 g/mol. The zero-order valence-electron chi connectivity index (χ0n) is 14.9. The van der Waals surface area contributed by atoms with Crippen molar-refractivity contribution in [1.29, 1.82) is 0 Å². The number of rotatable bonds is 3. The second-order valence-electron chi connectivity index (χ2n) is 6.95. The highest BCUT2D eigenvalue weighted by Gasteiger charge is 2.40. The van der Waals surface area contributed by atoms with E-state index in [0.717, 1.165) is 0 Å². The van der Waals surface area contributed by atoms with Crippen molar-refractivity contribution in [3.05, 3.63) is 81.3 Å². The number of carbonyl (C=O) groups excluding carboxylic acids is 2. The third-order valence-corrected chi connectivity index (χ3v) is 5.24. The van der Waals surface area contributed by atoms with Crippen molar-refractivity contribution in [3.63, 3.8) is 0 Å². The fourth-order valence-electron chi connectivity index (χ4n) is 4.02. The predicted octanol–water partition coefficient (Wildman–Crippen LogP) is 4.26. The number of hydrogen-bond donors (Lipinski definition) is 0. The van der Waals surface area contributed by atoms with Crippen molar-refractivity contribution in [2.45, 2.75) is 31.6 Å². The molecule has 1 heterocycles. The van der Waals surface area contributed by atoms with Crippen LogP contribution in [0.4, 0.5) is 15.8 Å². The van der Waals surface area contributed by atoms with E-state index in [-0.39, 0.29) is 23.8 Å². The molecule has 0 fully saturated rings. The van der Waals surface area contributed by atoms with Crippen LogP contribution >= 0.6 is 0 Å². The summed E-state index contributed by atoms with van der Waals surface area (Å²) in [5.41, 5.74) is 2.19. The largest absolute Gasteiger partial charge is 0.294 e. The lowest BCUT2D eigenvalue weighted by molar-refractivity contribution is -0.384. The Hall–Kier alpha value is -3.35. The molecule has 0 bridgehead atoms. The van der Waals surface area contributed by atoms with Crippen LogP contribution in [0.1, 0.15) is 37.2 Å². The molecule has 28 heavy (non-hydrogen) atoms. The van der Waals surface area contributed by atoms with Crippen molar-refractivity contribution < 1.29 is 18.9 Å². The van der Waals surface area contributed by atoms with E-state index in [0.29, 0.717) is 41.8 Å². The molecule has 0 saturated carbocycles. The molecule has 0 spiro atoms. The molecule has 1 aliphatic carbocycles. The molecule has 0 saturated heterocycles. The van der Waals surface area contributed by atoms with Crippen molar-refractivity contribution in [1.82, 2.24) is 0 Å². The maximum absolute atomic E-state index is 13.3. The van der Waals surface area contributed by atoms with E-state index in [9.17, 15) is 24.1 Å². The Morgan fingerprint density at radius 2 is 1.82 bits per heavy atom. The van der Waals surface area contributed by atoms with Gasteiger partial charge in [-0.15, -0.1) is 0 Å². The van der Waals surface area contributed by atoms with Crippen LogP contribution in [-0.4, -0.2) is 16.6 Å². The van der Waals surface area contributed by atoms with E-state index >= 15 is 0 Å². The lowest BCUT2D eigenvalue weighted by Crippen LogP contribution is -2.40. The van der Waals surface area contributed by atoms with E-state index in [1.807, 2.05) is 0 Å². The molecule has 2 aromatic carbocycles. The van der Waals surface area contributed by atoms with Gasteiger partial charge in [-0.3, -0.25) is 24.6 Å². The highest BCUT2D eigenvalue weighted by atomic mass is 19.1. The summed E-state index contributed by atoms with van der Waals surface area (Å²) in [6, 6.07) is 11.7. The normalized spacial score (nSPS) is 19.6. The van der Waals surface area contributed by atoms with Gasteiger partial charge in [0.15, 0.2) is 5.78 Å². The minimum atomic E-state index is -0.508. The molecule has 1 amide bonds. The van der Waals surface area contributed by atoms with Gasteiger partial charge in [0.2, 0.25) is 5.91 Å². The third kappa shape index (κ3) is 3.09. The summed E-state index contributed by atoms with van der Waals surface area (Å²) < 4.78 is 13.3. The zero-order chi connectivity index (χ0) is 19.8. The highest BCUT2D eigenvalue weighted by molar-refractivity contribution is 6.07. The molecule has 7 heteroatoms. The second kappa shape index (κ2) is 6.99. The van der Waals surface area contributed by atoms with E-state index in [1.54, 1.807) is 12.1 Å². The Balaban J connectivity index is 1.84. The SMILES string of the molecule is O=C1CCCC2=C1[C@@H](c1cccc([N+](=O)[O-])c1)CC(=O)N2c1ccc(F)cc1. The Labute approximate surface area is 160 Å². The van der Waals surface area contributed by atoms with Gasteiger partial charge in [0.05, 0.1) is 4.92 Å². The average Bonchev–Trinajstić information content (AvgIpc) is 2.68. The molecule has 2 aliphatic rings. The minimum absolute atomic E-state index is 0.0309. The molecular weight excluding hydrogens is 363 g/mol. The van der Waals surface area contributed by atoms with Crippen LogP contribution in [0.2, 0.25) is 0 Å². The summed E-state index contributed by atoms with van der Waals surface area (Å²) in [5.74, 6) is -1.17. The van der Waals surface area contributed by atoms with Crippen LogP contribution in [-0.2, 0) is 9.59 Å². The fourth-order valence-corrected chi connectivity index (χ4v) is 4.02. The number of non-ortho nitro benzene ring substituents is 1. The number of ketones is 1. The van der Waals surface area contributed by atoms with Gasteiger partial charge in [0.1, 0.15) is 5.82 Å². The standard InChI is InChI=1S/C21H17FN2O4/c22-14-7-9-15(10-8-14)23-18-5-2-6-19(25)21(18)17(12-20(23)26)13-3-1-4-16(11-13)24(27)28/h1,3-4,7-11,17H,2,5-6,12H2/t17-/m1/s1. The van der Waals surface area contributed by atoms with Crippen molar-refractivity contribution in [3.8, 4) is 0 Å². The number of amides is 1. The quantitative estimate of drug-likeness (QED) is 0.589. The molecule has 6 nitrogen and oxygen atoms in total. The summed E-state index contributed by atoms with van der Waals surface area (Å²) >= 11 is 0. The van der Waals surface area contributed by atoms with Gasteiger partial charge < -0.3 is 0 Å². The second-order valence-corrected chi connectivity index (χ2v) is 6.95. The van der Waals surface area contributed by atoms with E-state index in [1.165, 1.54) is 41.3 Å². The van der Waals surface area contributed by atoms with E-state index in [4.69, 9.17) is 0 Å². The van der Waals surface area contributed by atoms with Gasteiger partial charge in [-0.05, 0) is 42.7 Å². The molecule has 4 rings (SSSR count). The van der Waals surface area contributed by atoms with Gasteiger partial charge in [0, 0.05) is 47.8 Å². The number of benzene rings is 2. The maximum atomic E-state index is 13.3. The summed E-state index contributed by atoms with van der Waals surface area (Å²) in [4.78, 5) is 37.9. The lowest BCUT2D eigenvalue weighted by Gasteiger charge is -2.38. The number of anilines is 1. The van der Waals surface area contributed by atoms with E-state index in [2.05, 4.69) is 0 Å². The average molecular weight is 380 g/mol. The number of halogens is 1. The van der Waals surface area contributed by atoms with Gasteiger partial charge in [-0.2, -0.15) is 0 Å². The van der Waals surface area contributed by atoms with Gasteiger partial charge in [-0.25, -0.2) is 4.39 Å². The van der Waals surface area contributed by atoms with Crippen molar-refractivity contribution >= 4 is 23.1 Å². The highest BCUT2D eigenvalue weighted by Crippen LogP contribution is 2.43. The van der Waals surface area contributed by atoms with Crippen molar-refractivity contribution in [2.24, 2.45) is 0 Å². The number of Topliss-reactive ketones (excluding diaryl/α,β-unsaturated/α-hetero) is 1. The first-order chi connectivity index (χ1) is 13.5. The van der Waals surface area contributed by atoms with Gasteiger partial charge in [0.25, 0.3) is 5.69 Å². The number of nitro groups is 1. The van der Waals surface area contributed by atoms with Gasteiger partial charge in [-0.1, -0.05) is 12.1 Å². The summed E-state index contributed by atoms with van der Waals surface area (Å²) in [6.07, 6.45) is 1.60. The smallest absolute Gasteiger partial charge is 0.269 e. The number of nitrogens with zero attached hydrogens (tertiary/aromatic N) is 2. The molecule has 2 aromatic rings. The maximum Gasteiger partial charge on any atom is 0.269 e. The first-order valence-electron chi connectivity index (χ1n) is 9.05. The molecule has 0 aromatic heterocycles. The zero-order valence-corrected chi connectivity index (χ0v) is 14.9. The molecule has 0 N–H and O–H groups in total. The molecule has 142 valence electrons. The van der Waals surface area contributed by atoms with Crippen LogP contribution in [0.25, 0.3) is 0 Å². The van der Waals surface area contributed by atoms with Crippen LogP contribution in [0.15, 0.2) is 59.8 Å². The van der Waals surface area contributed by atoms with Crippen LogP contribution in [0.5, 0.6) is 0 Å². The molecule has 1 aliphatic heterocycles. The number of nitro benzene ring substituents is 1. The fraction of sp³-hybridized carbons (Fsp3) is 0.238. The Morgan fingerprint density at radius 1 is 1.07 bits per heavy atom. The van der Waals surface area contributed by atoms with Crippen LogP contribution in [0, 0.1) is 15.9 Å². The number of allylic oxidation sites excluding steroid dienone is 2. The minimum Gasteiger partial charge on any atom is -0.294 e. The molecular formula is C21H17FN2O4. The molecule has 1 atom stereocenters. The summed E-state index contributed by atoms with van der Waals surface area (Å²) in [5, 5.41) is 11.1. The lowest BCUT2D eigenvalue weighted by atomic mass is 9.77. The van der Waals surface area contributed by atoms with E-state index < -0.39 is 16.7 Å². The van der Waals surface area contributed by atoms with Crippen LogP contribution in [0.3, 0.4) is 0 Å². The summed E-state index contributed by atoms with van der Waals surface area (Å²) in [7, 11) is 0. The topological polar surface area (TPSA) is 80.5 Å². The first-order valence-corrected chi connectivity index (χ1v) is 9.05. The number of carbonyl (C=O) groups is 2. The summed E-state index contributed by atoms with van der Waals surface area (Å²) in [6.45, 7) is 0. The Bertz CT molecular complexity index is 1010. The van der Waals surface area contributed by atoms with Gasteiger partial charge >= 0.3 is 0 Å². The predicted molar refractivity (Wildman–Crippen MR) is 100 cm³/mol. The Kier molecular flexibility index (Phi) is 4.50. The van der Waals surface area contributed by atoms with Crippen LogP contribution < -0.4 is 4.90 Å². The first kappa shape index (κ1) is 18.0.